The summed E-state index contributed by atoms with van der Waals surface area (Å²) in [5, 5.41) is 2.86. The molecule has 1 aliphatic rings. The van der Waals surface area contributed by atoms with Gasteiger partial charge in [-0.1, -0.05) is 18.0 Å². The molecule has 1 amide bonds. The third-order valence-electron chi connectivity index (χ3n) is 3.10. The van der Waals surface area contributed by atoms with Crippen LogP contribution in [0.3, 0.4) is 0 Å². The SMILES string of the molecule is NC1CCCC1C(=O)Nc1ccc(Cl)cc1F. The van der Waals surface area contributed by atoms with Gasteiger partial charge in [0, 0.05) is 11.1 Å². The van der Waals surface area contributed by atoms with Crippen LogP contribution in [0.25, 0.3) is 0 Å². The lowest BCUT2D eigenvalue weighted by molar-refractivity contribution is -0.120. The van der Waals surface area contributed by atoms with E-state index in [1.165, 1.54) is 18.2 Å². The molecule has 92 valence electrons. The molecule has 1 aliphatic carbocycles. The van der Waals surface area contributed by atoms with E-state index in [1.54, 1.807) is 0 Å². The fourth-order valence-corrected chi connectivity index (χ4v) is 2.29. The van der Waals surface area contributed by atoms with E-state index in [9.17, 15) is 9.18 Å². The smallest absolute Gasteiger partial charge is 0.229 e. The van der Waals surface area contributed by atoms with E-state index in [4.69, 9.17) is 17.3 Å². The van der Waals surface area contributed by atoms with Crippen molar-refractivity contribution in [3.8, 4) is 0 Å². The first-order chi connectivity index (χ1) is 8.08. The zero-order valence-electron chi connectivity index (χ0n) is 9.25. The molecule has 0 spiro atoms. The second-order valence-electron chi connectivity index (χ2n) is 4.31. The predicted octanol–water partition coefficient (Wildman–Crippen LogP) is 2.54. The maximum absolute atomic E-state index is 13.5. The van der Waals surface area contributed by atoms with E-state index in [-0.39, 0.29) is 23.6 Å². The number of nitrogens with two attached hydrogens (primary N) is 1. The predicted molar refractivity (Wildman–Crippen MR) is 65.4 cm³/mol. The van der Waals surface area contributed by atoms with Crippen molar-refractivity contribution in [2.75, 3.05) is 5.32 Å². The van der Waals surface area contributed by atoms with Crippen LogP contribution in [0, 0.1) is 11.7 Å². The molecule has 0 aromatic heterocycles. The van der Waals surface area contributed by atoms with Crippen molar-refractivity contribution in [3.63, 3.8) is 0 Å². The van der Waals surface area contributed by atoms with E-state index in [0.717, 1.165) is 19.3 Å². The minimum atomic E-state index is -0.530. The van der Waals surface area contributed by atoms with Crippen molar-refractivity contribution in [1.29, 1.82) is 0 Å². The van der Waals surface area contributed by atoms with Gasteiger partial charge in [-0.25, -0.2) is 4.39 Å². The Hall–Kier alpha value is -1.13. The first-order valence-corrected chi connectivity index (χ1v) is 5.97. The quantitative estimate of drug-likeness (QED) is 0.854. The lowest BCUT2D eigenvalue weighted by Crippen LogP contribution is -2.34. The molecular formula is C12H14ClFN2O. The average molecular weight is 257 g/mol. The first-order valence-electron chi connectivity index (χ1n) is 5.59. The Balaban J connectivity index is 2.07. The normalized spacial score (nSPS) is 23.7. The summed E-state index contributed by atoms with van der Waals surface area (Å²) in [6.45, 7) is 0. The van der Waals surface area contributed by atoms with Crippen molar-refractivity contribution >= 4 is 23.2 Å². The summed E-state index contributed by atoms with van der Waals surface area (Å²) in [5.74, 6) is -0.960. The Labute approximate surface area is 104 Å². The van der Waals surface area contributed by atoms with E-state index in [1.807, 2.05) is 0 Å². The first kappa shape index (κ1) is 12.3. The van der Waals surface area contributed by atoms with Gasteiger partial charge in [-0.3, -0.25) is 4.79 Å². The van der Waals surface area contributed by atoms with Gasteiger partial charge in [0.1, 0.15) is 5.82 Å². The van der Waals surface area contributed by atoms with Gasteiger partial charge in [0.05, 0.1) is 11.6 Å². The van der Waals surface area contributed by atoms with E-state index >= 15 is 0 Å². The molecule has 1 aromatic rings. The van der Waals surface area contributed by atoms with Gasteiger partial charge in [-0.05, 0) is 31.0 Å². The summed E-state index contributed by atoms with van der Waals surface area (Å²) >= 11 is 5.63. The van der Waals surface area contributed by atoms with Gasteiger partial charge in [0.15, 0.2) is 0 Å². The molecular weight excluding hydrogens is 243 g/mol. The minimum Gasteiger partial charge on any atom is -0.327 e. The number of hydrogen-bond donors (Lipinski definition) is 2. The van der Waals surface area contributed by atoms with Crippen molar-refractivity contribution in [3.05, 3.63) is 29.0 Å². The summed E-state index contributed by atoms with van der Waals surface area (Å²) in [5.41, 5.74) is 5.97. The molecule has 2 atom stereocenters. The van der Waals surface area contributed by atoms with Crippen LogP contribution >= 0.6 is 11.6 Å². The summed E-state index contributed by atoms with van der Waals surface area (Å²) in [6.07, 6.45) is 2.56. The summed E-state index contributed by atoms with van der Waals surface area (Å²) in [6, 6.07) is 4.04. The highest BCUT2D eigenvalue weighted by Gasteiger charge is 2.30. The summed E-state index contributed by atoms with van der Waals surface area (Å²) in [7, 11) is 0. The van der Waals surface area contributed by atoms with Gasteiger partial charge in [0.25, 0.3) is 0 Å². The number of carbonyl (C=O) groups excluding carboxylic acids is 1. The van der Waals surface area contributed by atoms with Crippen LogP contribution in [-0.4, -0.2) is 11.9 Å². The number of amides is 1. The van der Waals surface area contributed by atoms with Crippen LogP contribution in [0.1, 0.15) is 19.3 Å². The second-order valence-corrected chi connectivity index (χ2v) is 4.75. The molecule has 2 unspecified atom stereocenters. The molecule has 1 aromatic carbocycles. The van der Waals surface area contributed by atoms with Gasteiger partial charge in [-0.2, -0.15) is 0 Å². The molecule has 0 aliphatic heterocycles. The molecule has 1 fully saturated rings. The highest BCUT2D eigenvalue weighted by Crippen LogP contribution is 2.26. The largest absolute Gasteiger partial charge is 0.327 e. The minimum absolute atomic E-state index is 0.120. The molecule has 3 N–H and O–H groups in total. The van der Waals surface area contributed by atoms with Gasteiger partial charge in [-0.15, -0.1) is 0 Å². The second kappa shape index (κ2) is 5.02. The molecule has 0 saturated heterocycles. The van der Waals surface area contributed by atoms with Crippen LogP contribution in [0.15, 0.2) is 18.2 Å². The van der Waals surface area contributed by atoms with Crippen LogP contribution in [-0.2, 0) is 4.79 Å². The van der Waals surface area contributed by atoms with Crippen molar-refractivity contribution < 1.29 is 9.18 Å². The number of rotatable bonds is 2. The third-order valence-corrected chi connectivity index (χ3v) is 3.33. The Morgan fingerprint density at radius 1 is 1.47 bits per heavy atom. The summed E-state index contributed by atoms with van der Waals surface area (Å²) < 4.78 is 13.5. The zero-order chi connectivity index (χ0) is 12.4. The average Bonchev–Trinajstić information content (AvgIpc) is 2.68. The van der Waals surface area contributed by atoms with E-state index in [0.29, 0.717) is 5.02 Å². The lowest BCUT2D eigenvalue weighted by atomic mass is 10.0. The highest BCUT2D eigenvalue weighted by atomic mass is 35.5. The molecule has 2 rings (SSSR count). The molecule has 0 heterocycles. The van der Waals surface area contributed by atoms with Gasteiger partial charge in [0.2, 0.25) is 5.91 Å². The fourth-order valence-electron chi connectivity index (χ4n) is 2.13. The van der Waals surface area contributed by atoms with Crippen LogP contribution in [0.5, 0.6) is 0 Å². The van der Waals surface area contributed by atoms with Crippen molar-refractivity contribution in [2.45, 2.75) is 25.3 Å². The summed E-state index contributed by atoms with van der Waals surface area (Å²) in [4.78, 5) is 11.9. The number of carbonyl (C=O) groups is 1. The molecule has 17 heavy (non-hydrogen) atoms. The van der Waals surface area contributed by atoms with Crippen LogP contribution < -0.4 is 11.1 Å². The number of hydrogen-bond acceptors (Lipinski definition) is 2. The molecule has 0 radical (unpaired) electrons. The monoisotopic (exact) mass is 256 g/mol. The molecule has 1 saturated carbocycles. The van der Waals surface area contributed by atoms with Crippen molar-refractivity contribution in [1.82, 2.24) is 0 Å². The highest BCUT2D eigenvalue weighted by molar-refractivity contribution is 6.30. The Kier molecular flexibility index (Phi) is 3.64. The number of anilines is 1. The Morgan fingerprint density at radius 2 is 2.24 bits per heavy atom. The maximum atomic E-state index is 13.5. The van der Waals surface area contributed by atoms with Gasteiger partial charge >= 0.3 is 0 Å². The zero-order valence-corrected chi connectivity index (χ0v) is 10.0. The molecule has 3 nitrogen and oxygen atoms in total. The lowest BCUT2D eigenvalue weighted by Gasteiger charge is -2.15. The van der Waals surface area contributed by atoms with Gasteiger partial charge < -0.3 is 11.1 Å². The van der Waals surface area contributed by atoms with Crippen LogP contribution in [0.2, 0.25) is 5.02 Å². The molecule has 0 bridgehead atoms. The number of benzene rings is 1. The molecule has 5 heteroatoms. The third kappa shape index (κ3) is 2.76. The fraction of sp³-hybridized carbons (Fsp3) is 0.417. The van der Waals surface area contributed by atoms with Crippen molar-refractivity contribution in [2.24, 2.45) is 11.7 Å². The topological polar surface area (TPSA) is 55.1 Å². The number of nitrogens with one attached hydrogen (secondary N) is 1. The van der Waals surface area contributed by atoms with Crippen LogP contribution in [0.4, 0.5) is 10.1 Å². The maximum Gasteiger partial charge on any atom is 0.229 e. The van der Waals surface area contributed by atoms with E-state index in [2.05, 4.69) is 5.32 Å². The standard InChI is InChI=1S/C12H14ClFN2O/c13-7-4-5-11(9(14)6-7)16-12(17)8-2-1-3-10(8)15/h4-6,8,10H,1-3,15H2,(H,16,17). The number of halogens is 2. The Bertz CT molecular complexity index is 439. The van der Waals surface area contributed by atoms with E-state index < -0.39 is 5.82 Å². The Morgan fingerprint density at radius 3 is 2.82 bits per heavy atom.